The van der Waals surface area contributed by atoms with Crippen molar-refractivity contribution in [3.05, 3.63) is 59.4 Å². The van der Waals surface area contributed by atoms with Crippen molar-refractivity contribution >= 4 is 16.9 Å². The van der Waals surface area contributed by atoms with Gasteiger partial charge in [-0.15, -0.1) is 0 Å². The molecule has 1 aromatic heterocycles. The standard InChI is InChI=1S/C22H23NO4/c1-22(2,3)16-5-7-18-17(10-16)15(12-25-18)9-21(24)23-11-14-4-6-19-20(8-14)27-13-26-19/h4-8,10,12H,9,11,13H2,1-3H3,(H,23,24). The fourth-order valence-corrected chi connectivity index (χ4v) is 3.17. The molecule has 0 spiro atoms. The van der Waals surface area contributed by atoms with Crippen LogP contribution < -0.4 is 14.8 Å². The van der Waals surface area contributed by atoms with Gasteiger partial charge in [-0.25, -0.2) is 0 Å². The largest absolute Gasteiger partial charge is 0.464 e. The number of fused-ring (bicyclic) bond motifs is 2. The van der Waals surface area contributed by atoms with Crippen LogP contribution in [0.15, 0.2) is 47.1 Å². The summed E-state index contributed by atoms with van der Waals surface area (Å²) in [5.41, 5.74) is 3.95. The van der Waals surface area contributed by atoms with Gasteiger partial charge in [-0.2, -0.15) is 0 Å². The van der Waals surface area contributed by atoms with Crippen molar-refractivity contribution in [1.82, 2.24) is 5.32 Å². The van der Waals surface area contributed by atoms with Crippen molar-refractivity contribution in [3.63, 3.8) is 0 Å². The third-order valence-electron chi connectivity index (χ3n) is 4.80. The Morgan fingerprint density at radius 3 is 2.70 bits per heavy atom. The molecule has 5 nitrogen and oxygen atoms in total. The fourth-order valence-electron chi connectivity index (χ4n) is 3.17. The first-order valence-electron chi connectivity index (χ1n) is 9.06. The summed E-state index contributed by atoms with van der Waals surface area (Å²) in [4.78, 5) is 12.4. The molecule has 0 unspecified atom stereocenters. The van der Waals surface area contributed by atoms with Gasteiger partial charge in [-0.3, -0.25) is 4.79 Å². The first-order valence-corrected chi connectivity index (χ1v) is 9.06. The summed E-state index contributed by atoms with van der Waals surface area (Å²) in [6, 6.07) is 11.9. The monoisotopic (exact) mass is 365 g/mol. The lowest BCUT2D eigenvalue weighted by Gasteiger charge is -2.18. The molecule has 0 saturated heterocycles. The molecule has 0 saturated carbocycles. The number of amides is 1. The van der Waals surface area contributed by atoms with E-state index in [9.17, 15) is 4.79 Å². The summed E-state index contributed by atoms with van der Waals surface area (Å²) < 4.78 is 16.3. The Morgan fingerprint density at radius 2 is 1.89 bits per heavy atom. The normalized spacial score (nSPS) is 13.1. The number of carbonyl (C=O) groups excluding carboxylic acids is 1. The SMILES string of the molecule is CC(C)(C)c1ccc2occ(CC(=O)NCc3ccc4c(c3)OCO4)c2c1. The van der Waals surface area contributed by atoms with E-state index >= 15 is 0 Å². The van der Waals surface area contributed by atoms with Crippen LogP contribution in [0.4, 0.5) is 0 Å². The molecule has 0 radical (unpaired) electrons. The number of ether oxygens (including phenoxy) is 2. The minimum absolute atomic E-state index is 0.0449. The van der Waals surface area contributed by atoms with Crippen molar-refractivity contribution < 1.29 is 18.7 Å². The molecule has 140 valence electrons. The van der Waals surface area contributed by atoms with Crippen LogP contribution in [0.2, 0.25) is 0 Å². The van der Waals surface area contributed by atoms with Crippen LogP contribution in [-0.4, -0.2) is 12.7 Å². The molecular formula is C22H23NO4. The third kappa shape index (κ3) is 3.63. The molecule has 0 atom stereocenters. The lowest BCUT2D eigenvalue weighted by Crippen LogP contribution is -2.24. The number of rotatable bonds is 4. The highest BCUT2D eigenvalue weighted by Crippen LogP contribution is 2.32. The zero-order valence-electron chi connectivity index (χ0n) is 15.8. The minimum atomic E-state index is -0.0449. The molecule has 2 heterocycles. The van der Waals surface area contributed by atoms with E-state index in [0.717, 1.165) is 33.6 Å². The van der Waals surface area contributed by atoms with Gasteiger partial charge in [0.25, 0.3) is 0 Å². The number of benzene rings is 2. The van der Waals surface area contributed by atoms with Crippen molar-refractivity contribution in [2.45, 2.75) is 39.2 Å². The van der Waals surface area contributed by atoms with Crippen molar-refractivity contribution in [1.29, 1.82) is 0 Å². The number of furan rings is 1. The summed E-state index contributed by atoms with van der Waals surface area (Å²) >= 11 is 0. The Hall–Kier alpha value is -2.95. The maximum absolute atomic E-state index is 12.4. The Balaban J connectivity index is 1.45. The topological polar surface area (TPSA) is 60.7 Å². The Bertz CT molecular complexity index is 997. The Labute approximate surface area is 158 Å². The lowest BCUT2D eigenvalue weighted by atomic mass is 9.86. The summed E-state index contributed by atoms with van der Waals surface area (Å²) in [5, 5.41) is 3.96. The van der Waals surface area contributed by atoms with Gasteiger partial charge in [0.1, 0.15) is 5.58 Å². The third-order valence-corrected chi connectivity index (χ3v) is 4.80. The molecule has 5 heteroatoms. The van der Waals surface area contributed by atoms with Crippen molar-refractivity contribution in [2.75, 3.05) is 6.79 Å². The second-order valence-corrected chi connectivity index (χ2v) is 7.86. The summed E-state index contributed by atoms with van der Waals surface area (Å²) in [5.74, 6) is 1.42. The minimum Gasteiger partial charge on any atom is -0.464 e. The summed E-state index contributed by atoms with van der Waals surface area (Å²) in [6.45, 7) is 7.21. The molecular weight excluding hydrogens is 342 g/mol. The van der Waals surface area contributed by atoms with E-state index in [1.54, 1.807) is 6.26 Å². The number of hydrogen-bond donors (Lipinski definition) is 1. The fraction of sp³-hybridized carbons (Fsp3) is 0.318. The highest BCUT2D eigenvalue weighted by Gasteiger charge is 2.17. The number of carbonyl (C=O) groups is 1. The first kappa shape index (κ1) is 17.5. The molecule has 27 heavy (non-hydrogen) atoms. The summed E-state index contributed by atoms with van der Waals surface area (Å²) in [6.07, 6.45) is 1.96. The van der Waals surface area contributed by atoms with E-state index in [0.29, 0.717) is 6.54 Å². The van der Waals surface area contributed by atoms with Crippen molar-refractivity contribution in [3.8, 4) is 11.5 Å². The number of hydrogen-bond acceptors (Lipinski definition) is 4. The zero-order valence-corrected chi connectivity index (χ0v) is 15.8. The maximum Gasteiger partial charge on any atom is 0.231 e. The average molecular weight is 365 g/mol. The van der Waals surface area contributed by atoms with Crippen LogP contribution in [0.3, 0.4) is 0 Å². The lowest BCUT2D eigenvalue weighted by molar-refractivity contribution is -0.120. The second-order valence-electron chi connectivity index (χ2n) is 7.86. The molecule has 4 rings (SSSR count). The molecule has 1 N–H and O–H groups in total. The molecule has 2 aromatic carbocycles. The van der Waals surface area contributed by atoms with Crippen LogP contribution in [0, 0.1) is 0 Å². The van der Waals surface area contributed by atoms with E-state index in [2.05, 4.69) is 38.2 Å². The second kappa shape index (κ2) is 6.65. The molecule has 1 aliphatic rings. The molecule has 1 aliphatic heterocycles. The predicted octanol–water partition coefficient (Wildman–Crippen LogP) is 4.32. The molecule has 1 amide bonds. The molecule has 0 fully saturated rings. The molecule has 0 aliphatic carbocycles. The van der Waals surface area contributed by atoms with Crippen molar-refractivity contribution in [2.24, 2.45) is 0 Å². The van der Waals surface area contributed by atoms with Gasteiger partial charge in [0.15, 0.2) is 11.5 Å². The molecule has 0 bridgehead atoms. The first-order chi connectivity index (χ1) is 12.9. The van der Waals surface area contributed by atoms with Gasteiger partial charge in [-0.05, 0) is 40.8 Å². The van der Waals surface area contributed by atoms with Crippen LogP contribution in [-0.2, 0) is 23.2 Å². The van der Waals surface area contributed by atoms with E-state index in [4.69, 9.17) is 13.9 Å². The number of nitrogens with one attached hydrogen (secondary N) is 1. The van der Waals surface area contributed by atoms with Crippen LogP contribution in [0.1, 0.15) is 37.5 Å². The van der Waals surface area contributed by atoms with Crippen LogP contribution >= 0.6 is 0 Å². The highest BCUT2D eigenvalue weighted by atomic mass is 16.7. The van der Waals surface area contributed by atoms with E-state index in [1.807, 2.05) is 24.3 Å². The van der Waals surface area contributed by atoms with Gasteiger partial charge in [0.2, 0.25) is 12.7 Å². The van der Waals surface area contributed by atoms with Gasteiger partial charge >= 0.3 is 0 Å². The van der Waals surface area contributed by atoms with E-state index in [-0.39, 0.29) is 24.5 Å². The zero-order chi connectivity index (χ0) is 19.0. The van der Waals surface area contributed by atoms with E-state index in [1.165, 1.54) is 5.56 Å². The maximum atomic E-state index is 12.4. The highest BCUT2D eigenvalue weighted by molar-refractivity contribution is 5.88. The predicted molar refractivity (Wildman–Crippen MR) is 103 cm³/mol. The Kier molecular flexibility index (Phi) is 4.30. The quantitative estimate of drug-likeness (QED) is 0.748. The van der Waals surface area contributed by atoms with E-state index < -0.39 is 0 Å². The van der Waals surface area contributed by atoms with Gasteiger partial charge in [-0.1, -0.05) is 32.9 Å². The smallest absolute Gasteiger partial charge is 0.231 e. The Morgan fingerprint density at radius 1 is 1.07 bits per heavy atom. The van der Waals surface area contributed by atoms with Gasteiger partial charge in [0.05, 0.1) is 12.7 Å². The molecule has 3 aromatic rings. The van der Waals surface area contributed by atoms with Crippen LogP contribution in [0.5, 0.6) is 11.5 Å². The average Bonchev–Trinajstić information content (AvgIpc) is 3.25. The summed E-state index contributed by atoms with van der Waals surface area (Å²) in [7, 11) is 0. The van der Waals surface area contributed by atoms with Crippen LogP contribution in [0.25, 0.3) is 11.0 Å². The van der Waals surface area contributed by atoms with Gasteiger partial charge in [0, 0.05) is 17.5 Å². The van der Waals surface area contributed by atoms with Gasteiger partial charge < -0.3 is 19.2 Å².